The normalized spacial score (nSPS) is 20.7. The third-order valence-electron chi connectivity index (χ3n) is 4.53. The molecule has 0 saturated carbocycles. The van der Waals surface area contributed by atoms with Crippen LogP contribution in [-0.2, 0) is 0 Å². The minimum absolute atomic E-state index is 0.132. The minimum atomic E-state index is -4.76. The number of halogens is 3. The SMILES string of the molecule is CCC1=NC(C(F)(F)F)=C(C#N)C(c2ccc3n[nH]c(C)c3c2)C1C#N. The molecule has 1 aromatic carbocycles. The van der Waals surface area contributed by atoms with Crippen LogP contribution >= 0.6 is 0 Å². The lowest BCUT2D eigenvalue weighted by Crippen LogP contribution is -2.30. The molecule has 0 bridgehead atoms. The Balaban J connectivity index is 2.28. The first kappa shape index (κ1) is 17.7. The van der Waals surface area contributed by atoms with Crippen molar-refractivity contribution in [1.82, 2.24) is 10.2 Å². The molecule has 0 saturated heterocycles. The number of aryl methyl sites for hydroxylation is 1. The number of fused-ring (bicyclic) bond motifs is 1. The quantitative estimate of drug-likeness (QED) is 0.869. The van der Waals surface area contributed by atoms with E-state index < -0.39 is 29.3 Å². The molecule has 1 aromatic heterocycles. The molecule has 1 N–H and O–H groups in total. The van der Waals surface area contributed by atoms with Crippen LogP contribution in [0.15, 0.2) is 34.5 Å². The van der Waals surface area contributed by atoms with E-state index in [1.165, 1.54) is 0 Å². The molecule has 0 spiro atoms. The van der Waals surface area contributed by atoms with Crippen molar-refractivity contribution in [3.8, 4) is 12.1 Å². The Labute approximate surface area is 147 Å². The van der Waals surface area contributed by atoms with Gasteiger partial charge in [0.1, 0.15) is 0 Å². The molecule has 0 aliphatic carbocycles. The van der Waals surface area contributed by atoms with Gasteiger partial charge in [0, 0.05) is 22.7 Å². The summed E-state index contributed by atoms with van der Waals surface area (Å²) < 4.78 is 40.4. The second-order valence-electron chi connectivity index (χ2n) is 6.04. The van der Waals surface area contributed by atoms with E-state index in [0.717, 1.165) is 11.1 Å². The molecule has 26 heavy (non-hydrogen) atoms. The van der Waals surface area contributed by atoms with Crippen molar-refractivity contribution in [2.24, 2.45) is 10.9 Å². The number of aromatic amines is 1. The maximum atomic E-state index is 13.5. The summed E-state index contributed by atoms with van der Waals surface area (Å²) in [6.07, 6.45) is -4.57. The van der Waals surface area contributed by atoms with Crippen molar-refractivity contribution >= 4 is 16.6 Å². The molecule has 1 aliphatic rings. The number of aromatic nitrogens is 2. The van der Waals surface area contributed by atoms with Gasteiger partial charge in [0.05, 0.1) is 29.1 Å². The smallest absolute Gasteiger partial charge is 0.282 e. The molecule has 1 aliphatic heterocycles. The summed E-state index contributed by atoms with van der Waals surface area (Å²) in [5, 5.41) is 26.7. The number of hydrogen-bond acceptors (Lipinski definition) is 4. The van der Waals surface area contributed by atoms with Crippen molar-refractivity contribution in [2.75, 3.05) is 0 Å². The average Bonchev–Trinajstić information content (AvgIpc) is 2.99. The van der Waals surface area contributed by atoms with Gasteiger partial charge in [0.15, 0.2) is 5.70 Å². The van der Waals surface area contributed by atoms with Crippen molar-refractivity contribution in [3.63, 3.8) is 0 Å². The second-order valence-corrected chi connectivity index (χ2v) is 6.04. The van der Waals surface area contributed by atoms with Gasteiger partial charge in [0.2, 0.25) is 0 Å². The summed E-state index contributed by atoms with van der Waals surface area (Å²) in [6.45, 7) is 3.44. The third kappa shape index (κ3) is 2.74. The van der Waals surface area contributed by atoms with Crippen LogP contribution in [0.4, 0.5) is 13.2 Å². The highest BCUT2D eigenvalue weighted by molar-refractivity contribution is 5.93. The molecule has 5 nitrogen and oxygen atoms in total. The van der Waals surface area contributed by atoms with Gasteiger partial charge in [-0.1, -0.05) is 13.0 Å². The third-order valence-corrected chi connectivity index (χ3v) is 4.53. The van der Waals surface area contributed by atoms with Gasteiger partial charge in [-0.25, -0.2) is 0 Å². The Morgan fingerprint density at radius 2 is 2.00 bits per heavy atom. The molecular formula is C18H14F3N5. The Morgan fingerprint density at radius 1 is 1.27 bits per heavy atom. The fourth-order valence-electron chi connectivity index (χ4n) is 3.27. The average molecular weight is 357 g/mol. The molecule has 8 heteroatoms. The maximum Gasteiger partial charge on any atom is 0.434 e. The first-order valence-corrected chi connectivity index (χ1v) is 7.95. The van der Waals surface area contributed by atoms with Crippen LogP contribution in [-0.4, -0.2) is 22.1 Å². The zero-order valence-electron chi connectivity index (χ0n) is 14.0. The monoisotopic (exact) mass is 357 g/mol. The lowest BCUT2D eigenvalue weighted by Gasteiger charge is -2.29. The van der Waals surface area contributed by atoms with E-state index in [-0.39, 0.29) is 12.1 Å². The summed E-state index contributed by atoms with van der Waals surface area (Å²) in [7, 11) is 0. The predicted molar refractivity (Wildman–Crippen MR) is 89.1 cm³/mol. The van der Waals surface area contributed by atoms with Gasteiger partial charge in [-0.05, 0) is 31.0 Å². The number of H-pyrrole nitrogens is 1. The maximum absolute atomic E-state index is 13.5. The number of nitriles is 2. The summed E-state index contributed by atoms with van der Waals surface area (Å²) in [5.74, 6) is -1.95. The largest absolute Gasteiger partial charge is 0.434 e. The predicted octanol–water partition coefficient (Wildman–Crippen LogP) is 4.30. The van der Waals surface area contributed by atoms with Crippen LogP contribution in [0.25, 0.3) is 10.9 Å². The number of hydrogen-bond donors (Lipinski definition) is 1. The Bertz CT molecular complexity index is 1010. The first-order chi connectivity index (χ1) is 12.3. The van der Waals surface area contributed by atoms with E-state index in [1.54, 1.807) is 38.1 Å². The lowest BCUT2D eigenvalue weighted by atomic mass is 9.75. The summed E-state index contributed by atoms with van der Waals surface area (Å²) in [6, 6.07) is 8.66. The highest BCUT2D eigenvalue weighted by Crippen LogP contribution is 2.44. The van der Waals surface area contributed by atoms with Crippen LogP contribution < -0.4 is 0 Å². The molecule has 0 radical (unpaired) electrons. The van der Waals surface area contributed by atoms with Crippen LogP contribution in [0.2, 0.25) is 0 Å². The lowest BCUT2D eigenvalue weighted by molar-refractivity contribution is -0.0935. The molecule has 2 heterocycles. The van der Waals surface area contributed by atoms with Gasteiger partial charge in [0.25, 0.3) is 0 Å². The Hall–Kier alpha value is -3.13. The highest BCUT2D eigenvalue weighted by atomic mass is 19.4. The Kier molecular flexibility index (Phi) is 4.29. The Morgan fingerprint density at radius 3 is 2.58 bits per heavy atom. The summed E-state index contributed by atoms with van der Waals surface area (Å²) in [5.41, 5.74) is 0.284. The standard InChI is InChI=1S/C18H14F3N5/c1-3-14-12(7-22)16(13(8-23)17(24-14)18(19,20)21)10-4-5-15-11(6-10)9(2)25-26-15/h4-6,12,16H,3H2,1-2H3,(H,25,26). The number of aliphatic imine (C=N–C) groups is 1. The van der Waals surface area contributed by atoms with Crippen LogP contribution in [0, 0.1) is 35.5 Å². The molecule has 132 valence electrons. The van der Waals surface area contributed by atoms with Crippen molar-refractivity contribution < 1.29 is 13.2 Å². The molecule has 3 rings (SSSR count). The topological polar surface area (TPSA) is 88.6 Å². The number of nitrogens with zero attached hydrogens (tertiary/aromatic N) is 4. The molecule has 2 aromatic rings. The van der Waals surface area contributed by atoms with Gasteiger partial charge in [-0.3, -0.25) is 10.1 Å². The fourth-order valence-corrected chi connectivity index (χ4v) is 3.27. The minimum Gasteiger partial charge on any atom is -0.282 e. The van der Waals surface area contributed by atoms with Gasteiger partial charge in [-0.15, -0.1) is 0 Å². The first-order valence-electron chi connectivity index (χ1n) is 7.95. The molecule has 0 amide bonds. The molecule has 0 fully saturated rings. The zero-order chi connectivity index (χ0) is 19.1. The molecule has 2 atom stereocenters. The number of allylic oxidation sites excluding steroid dienone is 2. The zero-order valence-corrected chi connectivity index (χ0v) is 14.0. The van der Waals surface area contributed by atoms with Crippen LogP contribution in [0.5, 0.6) is 0 Å². The van der Waals surface area contributed by atoms with Gasteiger partial charge >= 0.3 is 6.18 Å². The van der Waals surface area contributed by atoms with Gasteiger partial charge in [-0.2, -0.15) is 28.8 Å². The van der Waals surface area contributed by atoms with E-state index in [0.29, 0.717) is 11.1 Å². The number of alkyl halides is 3. The summed E-state index contributed by atoms with van der Waals surface area (Å²) >= 11 is 0. The van der Waals surface area contributed by atoms with Crippen molar-refractivity contribution in [1.29, 1.82) is 10.5 Å². The van der Waals surface area contributed by atoms with Crippen LogP contribution in [0.3, 0.4) is 0 Å². The number of nitrogens with one attached hydrogen (secondary N) is 1. The number of benzene rings is 1. The van der Waals surface area contributed by atoms with Crippen LogP contribution in [0.1, 0.15) is 30.5 Å². The van der Waals surface area contributed by atoms with E-state index in [9.17, 15) is 23.7 Å². The highest BCUT2D eigenvalue weighted by Gasteiger charge is 2.45. The number of rotatable bonds is 2. The second kappa shape index (κ2) is 6.30. The van der Waals surface area contributed by atoms with Crippen molar-refractivity contribution in [3.05, 3.63) is 40.7 Å². The summed E-state index contributed by atoms with van der Waals surface area (Å²) in [4.78, 5) is 3.63. The van der Waals surface area contributed by atoms with E-state index in [1.807, 2.05) is 6.07 Å². The van der Waals surface area contributed by atoms with E-state index in [2.05, 4.69) is 15.2 Å². The van der Waals surface area contributed by atoms with E-state index >= 15 is 0 Å². The van der Waals surface area contributed by atoms with E-state index in [4.69, 9.17) is 0 Å². The van der Waals surface area contributed by atoms with Gasteiger partial charge < -0.3 is 0 Å². The molecular weight excluding hydrogens is 343 g/mol. The molecule has 2 unspecified atom stereocenters. The fraction of sp³-hybridized carbons (Fsp3) is 0.333. The van der Waals surface area contributed by atoms with Crippen molar-refractivity contribution in [2.45, 2.75) is 32.4 Å².